The van der Waals surface area contributed by atoms with Crippen LogP contribution in [0.1, 0.15) is 56.7 Å². The number of nitrogens with zero attached hydrogens (tertiary/aromatic N) is 2. The molecule has 4 aromatic rings. The summed E-state index contributed by atoms with van der Waals surface area (Å²) in [5.41, 5.74) is 4.01. The van der Waals surface area contributed by atoms with Gasteiger partial charge in [0.15, 0.2) is 5.58 Å². The van der Waals surface area contributed by atoms with Crippen molar-refractivity contribution in [3.63, 3.8) is 0 Å². The number of benzene rings is 2. The molecule has 9 heteroatoms. The van der Waals surface area contributed by atoms with Gasteiger partial charge in [-0.2, -0.15) is 0 Å². The zero-order valence-corrected chi connectivity index (χ0v) is 28.5. The van der Waals surface area contributed by atoms with Gasteiger partial charge in [-0.25, -0.2) is 4.98 Å². The number of halogens is 1. The van der Waals surface area contributed by atoms with Crippen LogP contribution in [0.5, 0.6) is 0 Å². The third kappa shape index (κ3) is 10.3. The Kier molecular flexibility index (Phi) is 13.1. The Balaban J connectivity index is 1.04. The predicted octanol–water partition coefficient (Wildman–Crippen LogP) is 8.25. The number of thiophene rings is 1. The van der Waals surface area contributed by atoms with Crippen LogP contribution in [0.15, 0.2) is 52.9 Å². The molecule has 7 nitrogen and oxygen atoms in total. The number of fused-ring (bicyclic) bond motifs is 2. The van der Waals surface area contributed by atoms with E-state index in [1.165, 1.54) is 33.5 Å². The summed E-state index contributed by atoms with van der Waals surface area (Å²) in [6.07, 6.45) is 7.95. The molecule has 0 amide bonds. The molecule has 5 rings (SSSR count). The number of aromatic nitrogens is 1. The maximum atomic E-state index is 6.22. The molecule has 0 spiro atoms. The van der Waals surface area contributed by atoms with E-state index < -0.39 is 0 Å². The zero-order chi connectivity index (χ0) is 31.4. The van der Waals surface area contributed by atoms with Crippen LogP contribution in [0.4, 0.5) is 5.69 Å². The van der Waals surface area contributed by atoms with E-state index in [1.807, 2.05) is 24.3 Å². The van der Waals surface area contributed by atoms with Crippen molar-refractivity contribution in [3.8, 4) is 0 Å². The average molecular weight is 654 g/mol. The smallest absolute Gasteiger partial charge is 0.224 e. The van der Waals surface area contributed by atoms with Crippen molar-refractivity contribution in [1.29, 1.82) is 0 Å². The maximum Gasteiger partial charge on any atom is 0.224 e. The van der Waals surface area contributed by atoms with E-state index >= 15 is 0 Å². The SMILES string of the molecule is CC(CCOCCOCCCCCCCl)C(C)OCCN(C)c1ccc2cc(/C=C(/c3nc4ccccc4o3)C3CN3)sc2c1. The number of rotatable bonds is 21. The largest absolute Gasteiger partial charge is 0.436 e. The summed E-state index contributed by atoms with van der Waals surface area (Å²) in [5.74, 6) is 1.88. The topological polar surface area (TPSA) is 78.9 Å². The number of hydrogen-bond donors (Lipinski definition) is 1. The van der Waals surface area contributed by atoms with Crippen LogP contribution in [0.3, 0.4) is 0 Å². The molecule has 3 heterocycles. The van der Waals surface area contributed by atoms with Crippen LogP contribution in [0.2, 0.25) is 0 Å². The first-order chi connectivity index (χ1) is 22.0. The maximum absolute atomic E-state index is 6.22. The minimum Gasteiger partial charge on any atom is -0.436 e. The van der Waals surface area contributed by atoms with E-state index in [0.29, 0.717) is 31.6 Å². The van der Waals surface area contributed by atoms with Crippen LogP contribution >= 0.6 is 22.9 Å². The van der Waals surface area contributed by atoms with Gasteiger partial charge in [0.25, 0.3) is 0 Å². The van der Waals surface area contributed by atoms with Crippen molar-refractivity contribution in [2.75, 3.05) is 64.0 Å². The molecular formula is C36H48ClN3O4S. The molecule has 1 aliphatic rings. The van der Waals surface area contributed by atoms with Crippen LogP contribution < -0.4 is 10.2 Å². The summed E-state index contributed by atoms with van der Waals surface area (Å²) >= 11 is 7.51. The molecule has 0 saturated carbocycles. The number of nitrogens with one attached hydrogen (secondary N) is 1. The highest BCUT2D eigenvalue weighted by Gasteiger charge is 2.29. The lowest BCUT2D eigenvalue weighted by Crippen LogP contribution is -2.27. The van der Waals surface area contributed by atoms with Crippen LogP contribution in [0, 0.1) is 5.92 Å². The lowest BCUT2D eigenvalue weighted by Gasteiger charge is -2.24. The Morgan fingerprint density at radius 2 is 1.84 bits per heavy atom. The van der Waals surface area contributed by atoms with Crippen molar-refractivity contribution in [3.05, 3.63) is 59.3 Å². The lowest BCUT2D eigenvalue weighted by molar-refractivity contribution is 0.00951. The highest BCUT2D eigenvalue weighted by atomic mass is 35.5. The molecular weight excluding hydrogens is 606 g/mol. The second-order valence-corrected chi connectivity index (χ2v) is 13.5. The standard InChI is InChI=1S/C36H48ClN3O4S/c1-26(14-18-42-21-20-41-17-9-5-4-8-15-37)27(2)43-19-16-40(3)29-13-12-28-22-30(45-35(28)23-29)24-31(33-25-38-33)36-39-32-10-6-7-11-34(32)44-36/h6-7,10-13,22-24,26-27,33,38H,4-5,8-9,14-21,25H2,1-3H3/b31-24+. The number of hydrogen-bond acceptors (Lipinski definition) is 8. The Hall–Kier alpha value is -2.46. The summed E-state index contributed by atoms with van der Waals surface area (Å²) < 4.78 is 25.0. The van der Waals surface area contributed by atoms with Gasteiger partial charge in [-0.3, -0.25) is 0 Å². The number of oxazole rings is 1. The van der Waals surface area contributed by atoms with Gasteiger partial charge in [-0.05, 0) is 73.9 Å². The fourth-order valence-electron chi connectivity index (χ4n) is 5.24. The fraction of sp³-hybridized carbons (Fsp3) is 0.528. The molecule has 0 aliphatic carbocycles. The molecule has 3 unspecified atom stereocenters. The molecule has 2 aromatic heterocycles. The molecule has 1 saturated heterocycles. The molecule has 0 bridgehead atoms. The number of likely N-dealkylation sites (N-methyl/N-ethyl adjacent to an activating group) is 1. The summed E-state index contributed by atoms with van der Waals surface area (Å²) in [6.45, 7) is 9.72. The Morgan fingerprint density at radius 1 is 1.04 bits per heavy atom. The highest BCUT2D eigenvalue weighted by molar-refractivity contribution is 7.19. The monoisotopic (exact) mass is 653 g/mol. The quantitative estimate of drug-likeness (QED) is 0.0551. The van der Waals surface area contributed by atoms with Crippen molar-refractivity contribution in [2.45, 2.75) is 58.1 Å². The van der Waals surface area contributed by atoms with Crippen molar-refractivity contribution in [2.24, 2.45) is 5.92 Å². The molecule has 2 aromatic carbocycles. The lowest BCUT2D eigenvalue weighted by atomic mass is 10.0. The number of ether oxygens (including phenoxy) is 3. The van der Waals surface area contributed by atoms with Gasteiger partial charge in [0, 0.05) is 60.1 Å². The predicted molar refractivity (Wildman–Crippen MR) is 189 cm³/mol. The van der Waals surface area contributed by atoms with Crippen molar-refractivity contribution < 1.29 is 18.6 Å². The normalized spacial score (nSPS) is 16.4. The van der Waals surface area contributed by atoms with Gasteiger partial charge in [0.2, 0.25) is 5.89 Å². The molecule has 3 atom stereocenters. The fourth-order valence-corrected chi connectivity index (χ4v) is 6.47. The number of anilines is 1. The van der Waals surface area contributed by atoms with E-state index in [-0.39, 0.29) is 12.1 Å². The summed E-state index contributed by atoms with van der Waals surface area (Å²) in [5, 5.41) is 4.67. The summed E-state index contributed by atoms with van der Waals surface area (Å²) in [7, 11) is 2.13. The molecule has 1 aliphatic heterocycles. The Morgan fingerprint density at radius 3 is 2.64 bits per heavy atom. The minimum absolute atomic E-state index is 0.178. The van der Waals surface area contributed by atoms with Crippen molar-refractivity contribution >= 4 is 61.5 Å². The van der Waals surface area contributed by atoms with E-state index in [4.69, 9.17) is 35.2 Å². The van der Waals surface area contributed by atoms with Crippen LogP contribution in [-0.2, 0) is 14.2 Å². The second kappa shape index (κ2) is 17.5. The van der Waals surface area contributed by atoms with Gasteiger partial charge in [-0.15, -0.1) is 22.9 Å². The minimum atomic E-state index is 0.178. The van der Waals surface area contributed by atoms with Gasteiger partial charge in [-0.1, -0.05) is 38.0 Å². The molecule has 244 valence electrons. The first-order valence-electron chi connectivity index (χ1n) is 16.4. The molecule has 45 heavy (non-hydrogen) atoms. The first-order valence-corrected chi connectivity index (χ1v) is 17.8. The molecule has 0 radical (unpaired) electrons. The average Bonchev–Trinajstić information content (AvgIpc) is 3.66. The van der Waals surface area contributed by atoms with Gasteiger partial charge < -0.3 is 28.8 Å². The Bertz CT molecular complexity index is 1470. The van der Waals surface area contributed by atoms with Gasteiger partial charge in [0.1, 0.15) is 5.52 Å². The van der Waals surface area contributed by atoms with E-state index in [1.54, 1.807) is 11.3 Å². The van der Waals surface area contributed by atoms with E-state index in [0.717, 1.165) is 68.1 Å². The highest BCUT2D eigenvalue weighted by Crippen LogP contribution is 2.34. The summed E-state index contributed by atoms with van der Waals surface area (Å²) in [4.78, 5) is 8.22. The molecule has 1 fully saturated rings. The zero-order valence-electron chi connectivity index (χ0n) is 26.9. The first kappa shape index (κ1) is 33.9. The Labute approximate surface area is 276 Å². The van der Waals surface area contributed by atoms with Crippen molar-refractivity contribution in [1.82, 2.24) is 10.3 Å². The molecule has 1 N–H and O–H groups in total. The second-order valence-electron chi connectivity index (χ2n) is 12.0. The number of para-hydroxylation sites is 2. The van der Waals surface area contributed by atoms with Gasteiger partial charge in [0.05, 0.1) is 32.0 Å². The number of unbranched alkanes of at least 4 members (excludes halogenated alkanes) is 3. The van der Waals surface area contributed by atoms with Crippen LogP contribution in [-0.4, -0.2) is 76.2 Å². The van der Waals surface area contributed by atoms with Gasteiger partial charge >= 0.3 is 0 Å². The van der Waals surface area contributed by atoms with E-state index in [2.05, 4.69) is 61.5 Å². The number of alkyl halides is 1. The third-order valence-electron chi connectivity index (χ3n) is 8.46. The van der Waals surface area contributed by atoms with Crippen LogP contribution in [0.25, 0.3) is 32.8 Å². The summed E-state index contributed by atoms with van der Waals surface area (Å²) in [6, 6.07) is 17.2. The van der Waals surface area contributed by atoms with E-state index in [9.17, 15) is 0 Å². The third-order valence-corrected chi connectivity index (χ3v) is 9.77.